The molecule has 5 heterocycles. The number of anilines is 1. The van der Waals surface area contributed by atoms with E-state index in [2.05, 4.69) is 15.6 Å². The number of fused-ring (bicyclic) bond motifs is 4. The topological polar surface area (TPSA) is 111 Å². The molecular formula is C30H31ClN8O2. The summed E-state index contributed by atoms with van der Waals surface area (Å²) in [6.45, 7) is 5.16. The van der Waals surface area contributed by atoms with Gasteiger partial charge in [0.05, 0.1) is 35.5 Å². The normalized spacial score (nSPS) is 19.6. The van der Waals surface area contributed by atoms with E-state index < -0.39 is 0 Å². The maximum Gasteiger partial charge on any atom is 0.247 e. The van der Waals surface area contributed by atoms with Crippen LogP contribution in [0.2, 0.25) is 5.02 Å². The second-order valence-electron chi connectivity index (χ2n) is 10.5. The Balaban J connectivity index is 1.36. The average Bonchev–Trinajstić information content (AvgIpc) is 3.66. The molecule has 10 nitrogen and oxygen atoms in total. The number of carbonyl (C=O) groups is 2. The van der Waals surface area contributed by atoms with Crippen LogP contribution >= 0.6 is 11.6 Å². The van der Waals surface area contributed by atoms with Crippen molar-refractivity contribution in [3.63, 3.8) is 0 Å². The van der Waals surface area contributed by atoms with Crippen LogP contribution in [0, 0.1) is 5.92 Å². The van der Waals surface area contributed by atoms with E-state index in [0.29, 0.717) is 48.8 Å². The van der Waals surface area contributed by atoms with Gasteiger partial charge in [-0.05, 0) is 62.1 Å². The molecule has 2 atom stereocenters. The molecule has 1 N–H and O–H groups in total. The Morgan fingerprint density at radius 2 is 2.00 bits per heavy atom. The van der Waals surface area contributed by atoms with Crippen LogP contribution in [0.5, 0.6) is 0 Å². The molecule has 1 unspecified atom stereocenters. The smallest absolute Gasteiger partial charge is 0.247 e. The summed E-state index contributed by atoms with van der Waals surface area (Å²) in [7, 11) is 0. The highest BCUT2D eigenvalue weighted by Gasteiger charge is 2.31. The molecule has 0 radical (unpaired) electrons. The Morgan fingerprint density at radius 1 is 1.12 bits per heavy atom. The minimum Gasteiger partial charge on any atom is -0.330 e. The number of amides is 2. The fraction of sp³-hybridized carbons (Fsp3) is 0.333. The minimum atomic E-state index is -0.235. The summed E-state index contributed by atoms with van der Waals surface area (Å²) in [5, 5.41) is 16.5. The lowest BCUT2D eigenvalue weighted by molar-refractivity contribution is -0.129. The second-order valence-corrected chi connectivity index (χ2v) is 11.0. The Morgan fingerprint density at radius 3 is 2.78 bits per heavy atom. The van der Waals surface area contributed by atoms with Crippen molar-refractivity contribution in [2.75, 3.05) is 11.9 Å². The predicted molar refractivity (Wildman–Crippen MR) is 156 cm³/mol. The van der Waals surface area contributed by atoms with Gasteiger partial charge in [-0.25, -0.2) is 4.68 Å². The van der Waals surface area contributed by atoms with Crippen LogP contribution in [-0.2, 0) is 16.1 Å². The van der Waals surface area contributed by atoms with E-state index in [-0.39, 0.29) is 23.8 Å². The summed E-state index contributed by atoms with van der Waals surface area (Å²) >= 11 is 6.37. The molecule has 6 rings (SSSR count). The minimum absolute atomic E-state index is 0.0281. The first-order valence-corrected chi connectivity index (χ1v) is 14.3. The van der Waals surface area contributed by atoms with Crippen molar-refractivity contribution >= 4 is 34.7 Å². The number of rotatable bonds is 4. The molecule has 2 bridgehead atoms. The highest BCUT2D eigenvalue weighted by molar-refractivity contribution is 6.30. The molecule has 0 spiro atoms. The van der Waals surface area contributed by atoms with Gasteiger partial charge in [0.2, 0.25) is 11.8 Å². The number of halogens is 1. The highest BCUT2D eigenvalue weighted by atomic mass is 35.5. The van der Waals surface area contributed by atoms with Crippen molar-refractivity contribution in [3.05, 3.63) is 77.5 Å². The third-order valence-corrected chi connectivity index (χ3v) is 8.09. The molecule has 2 amide bonds. The zero-order valence-corrected chi connectivity index (χ0v) is 23.8. The number of hydrogen-bond donors (Lipinski definition) is 1. The molecule has 4 aromatic rings. The summed E-state index contributed by atoms with van der Waals surface area (Å²) in [6.07, 6.45) is 11.5. The summed E-state index contributed by atoms with van der Waals surface area (Å²) in [5.41, 5.74) is 5.62. The van der Waals surface area contributed by atoms with Gasteiger partial charge in [0.15, 0.2) is 0 Å². The lowest BCUT2D eigenvalue weighted by Gasteiger charge is -2.34. The Bertz CT molecular complexity index is 1630. The SMILES string of the molecule is CCn1cc2c(n1)-c1ccnc(c1)C(N1CCC(c3cc(Cl)ccc3-n3ccnn3)=CC1=O)CCC[C@@H](C)C(=O)N2. The van der Waals surface area contributed by atoms with Crippen molar-refractivity contribution in [2.24, 2.45) is 5.92 Å². The number of carbonyl (C=O) groups excluding carboxylic acids is 2. The third-order valence-electron chi connectivity index (χ3n) is 7.85. The van der Waals surface area contributed by atoms with Gasteiger partial charge in [0.1, 0.15) is 5.69 Å². The molecule has 2 aliphatic heterocycles. The number of nitrogens with one attached hydrogen (secondary N) is 1. The summed E-state index contributed by atoms with van der Waals surface area (Å²) in [4.78, 5) is 33.4. The number of aromatic nitrogens is 6. The fourth-order valence-corrected chi connectivity index (χ4v) is 5.78. The number of pyridine rings is 1. The molecule has 210 valence electrons. The molecule has 41 heavy (non-hydrogen) atoms. The predicted octanol–water partition coefficient (Wildman–Crippen LogP) is 5.31. The molecule has 3 aromatic heterocycles. The first kappa shape index (κ1) is 26.9. The van der Waals surface area contributed by atoms with E-state index in [1.54, 1.807) is 35.4 Å². The standard InChI is InChI=1S/C30H31ClN8O2/c1-3-37-18-25-29(35-37)21-9-11-32-24(15-21)27(6-4-5-19(2)30(41)34-25)38-13-10-20(16-28(38)40)23-17-22(31)7-8-26(23)39-14-12-33-36-39/h7-9,11-12,14-19,27H,3-6,10,13H2,1-2H3,(H,34,41)/t19-,27?/m1/s1. The average molecular weight is 571 g/mol. The van der Waals surface area contributed by atoms with Crippen LogP contribution in [0.1, 0.15) is 56.8 Å². The van der Waals surface area contributed by atoms with Gasteiger partial charge >= 0.3 is 0 Å². The summed E-state index contributed by atoms with van der Waals surface area (Å²) in [6, 6.07) is 9.22. The van der Waals surface area contributed by atoms with Crippen molar-refractivity contribution in [1.29, 1.82) is 0 Å². The Kier molecular flexibility index (Phi) is 7.40. The fourth-order valence-electron chi connectivity index (χ4n) is 5.61. The van der Waals surface area contributed by atoms with Gasteiger partial charge in [-0.3, -0.25) is 19.3 Å². The van der Waals surface area contributed by atoms with Crippen LogP contribution in [0.4, 0.5) is 5.69 Å². The monoisotopic (exact) mass is 570 g/mol. The van der Waals surface area contributed by atoms with E-state index in [0.717, 1.165) is 34.5 Å². The molecule has 1 aromatic carbocycles. The molecule has 0 aliphatic carbocycles. The Hall–Kier alpha value is -4.31. The second kappa shape index (κ2) is 11.3. The van der Waals surface area contributed by atoms with Gasteiger partial charge in [0.25, 0.3) is 0 Å². The van der Waals surface area contributed by atoms with Crippen molar-refractivity contribution in [1.82, 2.24) is 34.7 Å². The quantitative estimate of drug-likeness (QED) is 0.356. The van der Waals surface area contributed by atoms with Crippen molar-refractivity contribution in [3.8, 4) is 16.9 Å². The summed E-state index contributed by atoms with van der Waals surface area (Å²) in [5.74, 6) is -0.290. The van der Waals surface area contributed by atoms with Crippen LogP contribution in [0.15, 0.2) is 61.2 Å². The van der Waals surface area contributed by atoms with Gasteiger partial charge < -0.3 is 10.2 Å². The van der Waals surface area contributed by atoms with Crippen LogP contribution in [0.25, 0.3) is 22.5 Å². The maximum absolute atomic E-state index is 13.8. The summed E-state index contributed by atoms with van der Waals surface area (Å²) < 4.78 is 3.49. The molecular weight excluding hydrogens is 540 g/mol. The molecule has 0 saturated heterocycles. The lowest BCUT2D eigenvalue weighted by atomic mass is 9.93. The molecule has 11 heteroatoms. The van der Waals surface area contributed by atoms with Gasteiger partial charge in [-0.15, -0.1) is 5.10 Å². The van der Waals surface area contributed by atoms with Crippen LogP contribution < -0.4 is 5.32 Å². The van der Waals surface area contributed by atoms with Gasteiger partial charge in [-0.1, -0.05) is 30.2 Å². The van der Waals surface area contributed by atoms with E-state index in [4.69, 9.17) is 21.7 Å². The number of hydrogen-bond acceptors (Lipinski definition) is 6. The lowest BCUT2D eigenvalue weighted by Crippen LogP contribution is -2.38. The van der Waals surface area contributed by atoms with Crippen molar-refractivity contribution in [2.45, 2.75) is 52.1 Å². The molecule has 2 aliphatic rings. The van der Waals surface area contributed by atoms with Gasteiger partial charge in [-0.2, -0.15) is 5.10 Å². The Labute approximate surface area is 243 Å². The highest BCUT2D eigenvalue weighted by Crippen LogP contribution is 2.37. The van der Waals surface area contributed by atoms with E-state index in [9.17, 15) is 9.59 Å². The third kappa shape index (κ3) is 5.39. The largest absolute Gasteiger partial charge is 0.330 e. The van der Waals surface area contributed by atoms with Crippen LogP contribution in [-0.4, -0.2) is 53.0 Å². The van der Waals surface area contributed by atoms with Gasteiger partial charge in [0, 0.05) is 53.6 Å². The maximum atomic E-state index is 13.8. The van der Waals surface area contributed by atoms with E-state index in [1.165, 1.54) is 0 Å². The van der Waals surface area contributed by atoms with E-state index >= 15 is 0 Å². The number of nitrogens with zero attached hydrogens (tertiary/aromatic N) is 7. The molecule has 0 saturated carbocycles. The first-order chi connectivity index (χ1) is 19.9. The van der Waals surface area contributed by atoms with E-state index in [1.807, 2.05) is 53.9 Å². The zero-order valence-electron chi connectivity index (χ0n) is 23.0. The van der Waals surface area contributed by atoms with Crippen molar-refractivity contribution < 1.29 is 9.59 Å². The first-order valence-electron chi connectivity index (χ1n) is 13.9. The zero-order chi connectivity index (χ0) is 28.5. The van der Waals surface area contributed by atoms with Crippen LogP contribution in [0.3, 0.4) is 0 Å². The number of benzene rings is 1. The molecule has 0 fully saturated rings. The number of aryl methyl sites for hydroxylation is 1.